The summed E-state index contributed by atoms with van der Waals surface area (Å²) in [6.45, 7) is 5.76. The number of ether oxygens (including phenoxy) is 1. The van der Waals surface area contributed by atoms with Gasteiger partial charge in [0.2, 0.25) is 5.91 Å². The van der Waals surface area contributed by atoms with E-state index in [1.54, 1.807) is 19.1 Å². The monoisotopic (exact) mass is 274 g/mol. The van der Waals surface area contributed by atoms with Gasteiger partial charge in [-0.05, 0) is 25.5 Å². The summed E-state index contributed by atoms with van der Waals surface area (Å²) in [5.41, 5.74) is 1.35. The summed E-state index contributed by atoms with van der Waals surface area (Å²) in [4.78, 5) is 25.5. The Bertz CT molecular complexity index is 528. The quantitative estimate of drug-likeness (QED) is 0.659. The first-order valence-corrected chi connectivity index (χ1v) is 6.56. The Labute approximate surface area is 118 Å². The van der Waals surface area contributed by atoms with Crippen LogP contribution in [0.1, 0.15) is 13.3 Å². The summed E-state index contributed by atoms with van der Waals surface area (Å²) in [5, 5.41) is 2.75. The molecule has 0 spiro atoms. The number of hydrogen-bond acceptors (Lipinski definition) is 3. The van der Waals surface area contributed by atoms with Crippen molar-refractivity contribution in [2.24, 2.45) is 0 Å². The Hall–Kier alpha value is -2.14. The van der Waals surface area contributed by atoms with E-state index in [1.165, 1.54) is 4.90 Å². The van der Waals surface area contributed by atoms with Gasteiger partial charge in [-0.1, -0.05) is 18.2 Å². The fourth-order valence-corrected chi connectivity index (χ4v) is 2.05. The maximum atomic E-state index is 12.4. The molecule has 5 nitrogen and oxygen atoms in total. The van der Waals surface area contributed by atoms with Crippen molar-refractivity contribution in [3.8, 4) is 0 Å². The van der Waals surface area contributed by atoms with Crippen molar-refractivity contribution in [3.63, 3.8) is 0 Å². The highest BCUT2D eigenvalue weighted by atomic mass is 16.5. The number of nitrogens with one attached hydrogen (secondary N) is 1. The topological polar surface area (TPSA) is 58.6 Å². The van der Waals surface area contributed by atoms with Crippen LogP contribution >= 0.6 is 0 Å². The molecule has 0 saturated heterocycles. The molecule has 0 aliphatic carbocycles. The van der Waals surface area contributed by atoms with Crippen molar-refractivity contribution >= 4 is 23.2 Å². The first kappa shape index (κ1) is 14.3. The van der Waals surface area contributed by atoms with Crippen LogP contribution in [0.4, 0.5) is 11.4 Å². The van der Waals surface area contributed by atoms with Gasteiger partial charge in [0.1, 0.15) is 12.6 Å². The van der Waals surface area contributed by atoms with Crippen molar-refractivity contribution in [1.82, 2.24) is 0 Å². The van der Waals surface area contributed by atoms with E-state index < -0.39 is 6.10 Å². The number of carbonyl (C=O) groups excluding carboxylic acids is 2. The van der Waals surface area contributed by atoms with Crippen LogP contribution in [-0.2, 0) is 14.3 Å². The number of rotatable bonds is 5. The lowest BCUT2D eigenvalue weighted by atomic mass is 10.1. The van der Waals surface area contributed by atoms with E-state index in [0.29, 0.717) is 24.4 Å². The summed E-state index contributed by atoms with van der Waals surface area (Å²) in [6, 6.07) is 7.23. The van der Waals surface area contributed by atoms with Crippen LogP contribution in [-0.4, -0.2) is 31.1 Å². The lowest BCUT2D eigenvalue weighted by molar-refractivity contribution is -0.130. The first-order chi connectivity index (χ1) is 9.63. The van der Waals surface area contributed by atoms with Crippen molar-refractivity contribution in [1.29, 1.82) is 0 Å². The third-order valence-electron chi connectivity index (χ3n) is 3.07. The molecule has 0 saturated carbocycles. The minimum Gasteiger partial charge on any atom is -0.368 e. The van der Waals surface area contributed by atoms with Gasteiger partial charge in [0.25, 0.3) is 5.91 Å². The molecule has 1 unspecified atom stereocenters. The number of amides is 2. The third kappa shape index (κ3) is 3.05. The fourth-order valence-electron chi connectivity index (χ4n) is 2.05. The molecule has 1 aromatic rings. The van der Waals surface area contributed by atoms with Crippen LogP contribution in [0.3, 0.4) is 0 Å². The lowest BCUT2D eigenvalue weighted by Gasteiger charge is -2.30. The van der Waals surface area contributed by atoms with Crippen LogP contribution in [0.15, 0.2) is 36.9 Å². The van der Waals surface area contributed by atoms with Crippen LogP contribution in [0, 0.1) is 0 Å². The fraction of sp³-hybridized carbons (Fsp3) is 0.333. The predicted molar refractivity (Wildman–Crippen MR) is 77.7 cm³/mol. The lowest BCUT2D eigenvalue weighted by Crippen LogP contribution is -2.46. The molecular formula is C15H18N2O3. The molecule has 1 heterocycles. The minimum absolute atomic E-state index is 0.0189. The van der Waals surface area contributed by atoms with Crippen LogP contribution in [0.25, 0.3) is 0 Å². The molecule has 1 aromatic carbocycles. The second kappa shape index (κ2) is 6.34. The van der Waals surface area contributed by atoms with E-state index >= 15 is 0 Å². The van der Waals surface area contributed by atoms with Gasteiger partial charge < -0.3 is 10.1 Å². The Balaban J connectivity index is 2.13. The van der Waals surface area contributed by atoms with Crippen molar-refractivity contribution in [2.75, 3.05) is 23.4 Å². The number of anilines is 2. The highest BCUT2D eigenvalue weighted by Gasteiger charge is 2.29. The van der Waals surface area contributed by atoms with Gasteiger partial charge in [-0.3, -0.25) is 14.5 Å². The largest absolute Gasteiger partial charge is 0.368 e. The second-order valence-corrected chi connectivity index (χ2v) is 4.58. The van der Waals surface area contributed by atoms with Gasteiger partial charge in [0.05, 0.1) is 18.0 Å². The molecule has 106 valence electrons. The zero-order valence-electron chi connectivity index (χ0n) is 11.5. The molecule has 0 radical (unpaired) electrons. The normalized spacial score (nSPS) is 15.2. The molecule has 20 heavy (non-hydrogen) atoms. The van der Waals surface area contributed by atoms with E-state index in [-0.39, 0.29) is 18.4 Å². The standard InChI is InChI=1S/C15H18N2O3/c1-3-4-9-20-11(2)15(19)17-10-14(18)16-12-7-5-6-8-13(12)17/h3,5-8,11H,1,4,9-10H2,2H3,(H,16,18). The minimum atomic E-state index is -0.589. The third-order valence-corrected chi connectivity index (χ3v) is 3.07. The molecule has 1 aliphatic rings. The number of para-hydroxylation sites is 2. The number of benzene rings is 1. The SMILES string of the molecule is C=CCCOC(C)C(=O)N1CC(=O)Nc2ccccc21. The van der Waals surface area contributed by atoms with Crippen LogP contribution in [0.2, 0.25) is 0 Å². The molecular weight excluding hydrogens is 256 g/mol. The van der Waals surface area contributed by atoms with Gasteiger partial charge in [0.15, 0.2) is 0 Å². The number of hydrogen-bond donors (Lipinski definition) is 1. The molecule has 0 bridgehead atoms. The van der Waals surface area contributed by atoms with Crippen molar-refractivity contribution in [3.05, 3.63) is 36.9 Å². The van der Waals surface area contributed by atoms with Gasteiger partial charge in [0, 0.05) is 0 Å². The zero-order chi connectivity index (χ0) is 14.5. The molecule has 1 atom stereocenters. The van der Waals surface area contributed by atoms with Crippen LogP contribution < -0.4 is 10.2 Å². The molecule has 2 rings (SSSR count). The average Bonchev–Trinajstić information content (AvgIpc) is 2.45. The Morgan fingerprint density at radius 1 is 1.55 bits per heavy atom. The summed E-state index contributed by atoms with van der Waals surface area (Å²) in [7, 11) is 0. The van der Waals surface area contributed by atoms with E-state index in [2.05, 4.69) is 11.9 Å². The van der Waals surface area contributed by atoms with Gasteiger partial charge >= 0.3 is 0 Å². The van der Waals surface area contributed by atoms with E-state index in [4.69, 9.17) is 4.74 Å². The molecule has 1 N–H and O–H groups in total. The summed E-state index contributed by atoms with van der Waals surface area (Å²) in [6.07, 6.45) is 1.84. The van der Waals surface area contributed by atoms with Gasteiger partial charge in [-0.25, -0.2) is 0 Å². The Morgan fingerprint density at radius 3 is 3.05 bits per heavy atom. The van der Waals surface area contributed by atoms with Gasteiger partial charge in [-0.2, -0.15) is 0 Å². The summed E-state index contributed by atoms with van der Waals surface area (Å²) in [5.74, 6) is -0.410. The molecule has 0 aromatic heterocycles. The van der Waals surface area contributed by atoms with E-state index in [0.717, 1.165) is 0 Å². The predicted octanol–water partition coefficient (Wildman–Crippen LogP) is 1.95. The smallest absolute Gasteiger partial charge is 0.256 e. The summed E-state index contributed by atoms with van der Waals surface area (Å²) < 4.78 is 5.45. The van der Waals surface area contributed by atoms with Crippen molar-refractivity contribution in [2.45, 2.75) is 19.4 Å². The van der Waals surface area contributed by atoms with E-state index in [1.807, 2.05) is 18.2 Å². The van der Waals surface area contributed by atoms with Crippen LogP contribution in [0.5, 0.6) is 0 Å². The molecule has 0 fully saturated rings. The number of carbonyl (C=O) groups is 2. The summed E-state index contributed by atoms with van der Waals surface area (Å²) >= 11 is 0. The molecule has 1 aliphatic heterocycles. The molecule has 2 amide bonds. The highest BCUT2D eigenvalue weighted by Crippen LogP contribution is 2.29. The molecule has 5 heteroatoms. The Morgan fingerprint density at radius 2 is 2.30 bits per heavy atom. The second-order valence-electron chi connectivity index (χ2n) is 4.58. The Kier molecular flexibility index (Phi) is 4.53. The average molecular weight is 274 g/mol. The number of fused-ring (bicyclic) bond motifs is 1. The van der Waals surface area contributed by atoms with Crippen molar-refractivity contribution < 1.29 is 14.3 Å². The van der Waals surface area contributed by atoms with E-state index in [9.17, 15) is 9.59 Å². The first-order valence-electron chi connectivity index (χ1n) is 6.56. The highest BCUT2D eigenvalue weighted by molar-refractivity contribution is 6.10. The number of nitrogens with zero attached hydrogens (tertiary/aromatic N) is 1. The van der Waals surface area contributed by atoms with Gasteiger partial charge in [-0.15, -0.1) is 6.58 Å². The maximum absolute atomic E-state index is 12.4. The maximum Gasteiger partial charge on any atom is 0.256 e. The zero-order valence-corrected chi connectivity index (χ0v) is 11.5.